The molecular formula is C12H15F4N3O3S. The van der Waals surface area contributed by atoms with Crippen LogP contribution in [-0.4, -0.2) is 28.4 Å². The predicted molar refractivity (Wildman–Crippen MR) is 71.7 cm³/mol. The Morgan fingerprint density at radius 2 is 1.61 bits per heavy atom. The van der Waals surface area contributed by atoms with Gasteiger partial charge in [-0.2, -0.15) is 13.2 Å². The SMILES string of the molecule is Cc1cc(C)[n+](F)c(C)c1.O=S(=O)([O-])C(F)(F)F.c1c[nH]cn1. The Balaban J connectivity index is 0.000000333. The van der Waals surface area contributed by atoms with Gasteiger partial charge in [-0.15, -0.1) is 0 Å². The van der Waals surface area contributed by atoms with Crippen LogP contribution in [0.15, 0.2) is 30.9 Å². The number of nitrogens with zero attached hydrogens (tertiary/aromatic N) is 2. The Bertz CT molecular complexity index is 661. The minimum Gasteiger partial charge on any atom is -0.741 e. The van der Waals surface area contributed by atoms with Crippen molar-refractivity contribution in [2.24, 2.45) is 0 Å². The Morgan fingerprint density at radius 3 is 1.83 bits per heavy atom. The van der Waals surface area contributed by atoms with Gasteiger partial charge in [0.15, 0.2) is 10.1 Å². The van der Waals surface area contributed by atoms with Crippen molar-refractivity contribution in [1.82, 2.24) is 9.97 Å². The zero-order chi connectivity index (χ0) is 18.3. The van der Waals surface area contributed by atoms with Crippen molar-refractivity contribution in [3.8, 4) is 0 Å². The fourth-order valence-electron chi connectivity index (χ4n) is 1.31. The number of aromatic amines is 1. The number of halogens is 4. The molecule has 0 amide bonds. The smallest absolute Gasteiger partial charge is 0.485 e. The molecule has 2 aromatic rings. The molecule has 23 heavy (non-hydrogen) atoms. The van der Waals surface area contributed by atoms with Gasteiger partial charge in [0.1, 0.15) is 0 Å². The number of aromatic nitrogens is 3. The Hall–Kier alpha value is -2.01. The maximum absolute atomic E-state index is 12.8. The third kappa shape index (κ3) is 8.26. The van der Waals surface area contributed by atoms with Crippen molar-refractivity contribution < 1.29 is 35.4 Å². The molecule has 6 nitrogen and oxygen atoms in total. The number of imidazole rings is 1. The molecule has 0 fully saturated rings. The number of rotatable bonds is 0. The maximum Gasteiger partial charge on any atom is 0.485 e. The standard InChI is InChI=1S/C8H11FN.C3H4N2.CHF3O3S/c1-6-4-7(2)10(9)8(3)5-6;1-2-5-3-4-1;2-1(3,4)8(5,6)7/h4-5H,1-3H3;1-3H,(H,4,5);(H,5,6,7)/q+1;;/p-1. The average Bonchev–Trinajstić information content (AvgIpc) is 2.93. The number of alkyl halides is 3. The van der Waals surface area contributed by atoms with Gasteiger partial charge >= 0.3 is 5.51 Å². The largest absolute Gasteiger partial charge is 0.741 e. The van der Waals surface area contributed by atoms with Crippen molar-refractivity contribution in [3.05, 3.63) is 47.8 Å². The molecule has 0 aliphatic rings. The van der Waals surface area contributed by atoms with Crippen LogP contribution >= 0.6 is 0 Å². The molecule has 130 valence electrons. The van der Waals surface area contributed by atoms with Gasteiger partial charge in [-0.3, -0.25) is 0 Å². The fourth-order valence-corrected chi connectivity index (χ4v) is 1.31. The lowest BCUT2D eigenvalue weighted by Gasteiger charge is -2.08. The molecule has 2 rings (SSSR count). The van der Waals surface area contributed by atoms with Gasteiger partial charge in [-0.1, -0.05) is 0 Å². The van der Waals surface area contributed by atoms with E-state index in [0.29, 0.717) is 16.2 Å². The molecule has 0 spiro atoms. The molecule has 0 aliphatic heterocycles. The van der Waals surface area contributed by atoms with E-state index in [2.05, 4.69) is 9.97 Å². The van der Waals surface area contributed by atoms with Crippen molar-refractivity contribution in [3.63, 3.8) is 0 Å². The Labute approximate surface area is 130 Å². The lowest BCUT2D eigenvalue weighted by molar-refractivity contribution is -0.852. The minimum atomic E-state index is -6.09. The van der Waals surface area contributed by atoms with Crippen LogP contribution in [0.25, 0.3) is 0 Å². The third-order valence-electron chi connectivity index (χ3n) is 2.18. The van der Waals surface area contributed by atoms with Gasteiger partial charge in [0, 0.05) is 43.2 Å². The number of aryl methyl sites for hydroxylation is 3. The summed E-state index contributed by atoms with van der Waals surface area (Å²) in [6.07, 6.45) is 5.08. The van der Waals surface area contributed by atoms with Gasteiger partial charge < -0.3 is 9.54 Å². The topological polar surface area (TPSA) is 89.8 Å². The second kappa shape index (κ2) is 8.58. The van der Waals surface area contributed by atoms with Crippen molar-refractivity contribution in [2.75, 3.05) is 0 Å². The first-order chi connectivity index (χ1) is 10.4. The predicted octanol–water partition coefficient (Wildman–Crippen LogP) is 2.09. The molecule has 2 heterocycles. The number of hydrogen-bond donors (Lipinski definition) is 1. The van der Waals surface area contributed by atoms with Crippen LogP contribution in [0.2, 0.25) is 0 Å². The van der Waals surface area contributed by atoms with Gasteiger partial charge in [0.05, 0.1) is 10.8 Å². The lowest BCUT2D eigenvalue weighted by Crippen LogP contribution is -2.30. The summed E-state index contributed by atoms with van der Waals surface area (Å²) in [5, 5.41) is 0. The zero-order valence-electron chi connectivity index (χ0n) is 12.4. The first-order valence-corrected chi connectivity index (χ1v) is 7.38. The molecule has 0 radical (unpaired) electrons. The molecule has 0 saturated carbocycles. The normalized spacial score (nSPS) is 11.0. The first-order valence-electron chi connectivity index (χ1n) is 5.97. The first kappa shape index (κ1) is 21.0. The second-order valence-corrected chi connectivity index (χ2v) is 5.63. The minimum absolute atomic E-state index is 0.650. The van der Waals surface area contributed by atoms with Gasteiger partial charge in [0.25, 0.3) is 0 Å². The molecule has 0 bridgehead atoms. The summed E-state index contributed by atoms with van der Waals surface area (Å²) >= 11 is 0. The number of pyridine rings is 1. The molecule has 0 atom stereocenters. The number of hydrogen-bond acceptors (Lipinski definition) is 4. The molecule has 0 aromatic carbocycles. The highest BCUT2D eigenvalue weighted by atomic mass is 32.2. The van der Waals surface area contributed by atoms with E-state index in [0.717, 1.165) is 5.56 Å². The summed E-state index contributed by atoms with van der Waals surface area (Å²) < 4.78 is 71.7. The monoisotopic (exact) mass is 357 g/mol. The number of nitrogens with one attached hydrogen (secondary N) is 1. The van der Waals surface area contributed by atoms with Crippen LogP contribution < -0.4 is 4.79 Å². The van der Waals surface area contributed by atoms with Crippen LogP contribution in [0.3, 0.4) is 0 Å². The molecular weight excluding hydrogens is 342 g/mol. The van der Waals surface area contributed by atoms with Crippen molar-refractivity contribution in [2.45, 2.75) is 26.3 Å². The lowest BCUT2D eigenvalue weighted by atomic mass is 10.2. The van der Waals surface area contributed by atoms with E-state index in [1.165, 1.54) is 0 Å². The quantitative estimate of drug-likeness (QED) is 0.444. The van der Waals surface area contributed by atoms with Gasteiger partial charge in [-0.05, 0) is 12.5 Å². The van der Waals surface area contributed by atoms with Crippen LogP contribution in [0.4, 0.5) is 17.7 Å². The maximum atomic E-state index is 12.8. The fraction of sp³-hybridized carbons (Fsp3) is 0.333. The van der Waals surface area contributed by atoms with Crippen molar-refractivity contribution in [1.29, 1.82) is 0 Å². The summed E-state index contributed by atoms with van der Waals surface area (Å²) in [7, 11) is -6.09. The Morgan fingerprint density at radius 1 is 1.17 bits per heavy atom. The summed E-state index contributed by atoms with van der Waals surface area (Å²) in [5.41, 5.74) is -3.24. The van der Waals surface area contributed by atoms with Crippen LogP contribution in [0, 0.1) is 20.8 Å². The van der Waals surface area contributed by atoms with Crippen LogP contribution in [0.1, 0.15) is 17.0 Å². The third-order valence-corrected chi connectivity index (χ3v) is 2.75. The van der Waals surface area contributed by atoms with Crippen LogP contribution in [0.5, 0.6) is 0 Å². The summed E-state index contributed by atoms with van der Waals surface area (Å²) in [5.74, 6) is 0. The van der Waals surface area contributed by atoms with E-state index in [1.54, 1.807) is 32.6 Å². The average molecular weight is 357 g/mol. The van der Waals surface area contributed by atoms with E-state index in [-0.39, 0.29) is 0 Å². The zero-order valence-corrected chi connectivity index (χ0v) is 13.2. The van der Waals surface area contributed by atoms with E-state index in [9.17, 15) is 17.7 Å². The highest BCUT2D eigenvalue weighted by Gasteiger charge is 2.36. The highest BCUT2D eigenvalue weighted by molar-refractivity contribution is 7.86. The van der Waals surface area contributed by atoms with E-state index >= 15 is 0 Å². The summed E-state index contributed by atoms with van der Waals surface area (Å²) in [6.45, 7) is 5.46. The molecule has 0 unspecified atom stereocenters. The molecule has 0 aliphatic carbocycles. The van der Waals surface area contributed by atoms with E-state index in [1.807, 2.05) is 19.1 Å². The highest BCUT2D eigenvalue weighted by Crippen LogP contribution is 2.20. The summed E-state index contributed by atoms with van der Waals surface area (Å²) in [4.78, 5) is 7.10. The van der Waals surface area contributed by atoms with E-state index < -0.39 is 15.6 Å². The van der Waals surface area contributed by atoms with Crippen molar-refractivity contribution >= 4 is 10.1 Å². The molecule has 2 aromatic heterocycles. The second-order valence-electron chi connectivity index (χ2n) is 4.26. The molecule has 11 heteroatoms. The number of H-pyrrole nitrogens is 1. The summed E-state index contributed by atoms with van der Waals surface area (Å²) in [6, 6.07) is 3.62. The van der Waals surface area contributed by atoms with Gasteiger partial charge in [0.2, 0.25) is 11.4 Å². The van der Waals surface area contributed by atoms with Crippen LogP contribution in [-0.2, 0) is 10.1 Å². The molecule has 1 N–H and O–H groups in total. The molecule has 0 saturated heterocycles. The Kier molecular flexibility index (Phi) is 7.83. The van der Waals surface area contributed by atoms with E-state index in [4.69, 9.17) is 13.0 Å². The van der Waals surface area contributed by atoms with Gasteiger partial charge in [-0.25, -0.2) is 13.4 Å².